The van der Waals surface area contributed by atoms with Crippen LogP contribution in [-0.4, -0.2) is 41.1 Å². The second-order valence-electron chi connectivity index (χ2n) is 5.66. The van der Waals surface area contributed by atoms with Gasteiger partial charge in [0.05, 0.1) is 36.1 Å². The van der Waals surface area contributed by atoms with E-state index in [1.54, 1.807) is 28.3 Å². The van der Waals surface area contributed by atoms with E-state index in [0.29, 0.717) is 23.7 Å². The molecule has 0 unspecified atom stereocenters. The average molecular weight is 402 g/mol. The number of methoxy groups -OCH3 is 1. The highest BCUT2D eigenvalue weighted by molar-refractivity contribution is 7.12. The summed E-state index contributed by atoms with van der Waals surface area (Å²) in [6, 6.07) is 7.04. The normalized spacial score (nSPS) is 11.3. The van der Waals surface area contributed by atoms with E-state index in [-0.39, 0.29) is 18.3 Å². The number of carbonyl (C=O) groups is 2. The Morgan fingerprint density at radius 1 is 1.36 bits per heavy atom. The second-order valence-corrected chi connectivity index (χ2v) is 6.61. The zero-order chi connectivity index (χ0) is 19.9. The van der Waals surface area contributed by atoms with E-state index < -0.39 is 5.97 Å². The van der Waals surface area contributed by atoms with Gasteiger partial charge >= 0.3 is 5.97 Å². The van der Waals surface area contributed by atoms with Gasteiger partial charge in [0.25, 0.3) is 5.91 Å². The minimum atomic E-state index is -0.545. The number of amides is 1. The lowest BCUT2D eigenvalue weighted by atomic mass is 10.3. The molecule has 3 aromatic rings. The Labute approximate surface area is 164 Å². The fraction of sp³-hybridized carbons (Fsp3) is 0.222. The Bertz CT molecular complexity index is 974. The number of aromatic nitrogens is 2. The number of esters is 1. The van der Waals surface area contributed by atoms with Crippen molar-refractivity contribution in [2.45, 2.75) is 13.5 Å². The first-order valence-corrected chi connectivity index (χ1v) is 9.13. The number of rotatable bonds is 8. The van der Waals surface area contributed by atoms with Gasteiger partial charge in [0.2, 0.25) is 5.76 Å². The standard InChI is InChI=1S/C18H18N4O5S/c1-12(16-4-3-7-28-16)21-26-11-17(23)20-13-8-19-22(9-13)10-14-5-6-15(27-14)18(24)25-2/h3-9H,10-11H2,1-2H3,(H,20,23). The van der Waals surface area contributed by atoms with Gasteiger partial charge in [0.15, 0.2) is 6.61 Å². The summed E-state index contributed by atoms with van der Waals surface area (Å²) in [6.45, 7) is 1.90. The molecule has 1 N–H and O–H groups in total. The summed E-state index contributed by atoms with van der Waals surface area (Å²) in [5.41, 5.74) is 1.22. The minimum absolute atomic E-state index is 0.119. The molecule has 0 aliphatic rings. The lowest BCUT2D eigenvalue weighted by Crippen LogP contribution is -2.17. The fourth-order valence-electron chi connectivity index (χ4n) is 2.26. The number of ether oxygens (including phenoxy) is 1. The first-order valence-electron chi connectivity index (χ1n) is 8.25. The molecule has 3 rings (SSSR count). The number of nitrogens with zero attached hydrogens (tertiary/aromatic N) is 3. The van der Waals surface area contributed by atoms with Gasteiger partial charge < -0.3 is 19.3 Å². The van der Waals surface area contributed by atoms with Crippen LogP contribution in [0.3, 0.4) is 0 Å². The summed E-state index contributed by atoms with van der Waals surface area (Å²) in [7, 11) is 1.28. The van der Waals surface area contributed by atoms with E-state index in [2.05, 4.69) is 20.3 Å². The highest BCUT2D eigenvalue weighted by Gasteiger charge is 2.12. The van der Waals surface area contributed by atoms with Crippen molar-refractivity contribution in [3.63, 3.8) is 0 Å². The lowest BCUT2D eigenvalue weighted by Gasteiger charge is -2.02. The average Bonchev–Trinajstić information content (AvgIpc) is 3.43. The molecule has 0 aliphatic heterocycles. The van der Waals surface area contributed by atoms with Crippen LogP contribution in [0.5, 0.6) is 0 Å². The summed E-state index contributed by atoms with van der Waals surface area (Å²) in [5.74, 6) is -0.248. The number of oxime groups is 1. The number of hydrogen-bond acceptors (Lipinski definition) is 8. The Morgan fingerprint density at radius 3 is 2.96 bits per heavy atom. The van der Waals surface area contributed by atoms with Crippen LogP contribution in [0.2, 0.25) is 0 Å². The van der Waals surface area contributed by atoms with Crippen molar-refractivity contribution in [3.05, 3.63) is 58.4 Å². The fourth-order valence-corrected chi connectivity index (χ4v) is 2.93. The van der Waals surface area contributed by atoms with Crippen LogP contribution in [0, 0.1) is 0 Å². The van der Waals surface area contributed by atoms with Gasteiger partial charge in [-0.1, -0.05) is 11.2 Å². The molecular formula is C18H18N4O5S. The summed E-state index contributed by atoms with van der Waals surface area (Å²) >= 11 is 1.54. The van der Waals surface area contributed by atoms with E-state index in [1.807, 2.05) is 24.4 Å². The predicted molar refractivity (Wildman–Crippen MR) is 102 cm³/mol. The highest BCUT2D eigenvalue weighted by Crippen LogP contribution is 2.13. The van der Waals surface area contributed by atoms with Crippen LogP contribution in [0.15, 0.2) is 51.6 Å². The van der Waals surface area contributed by atoms with Gasteiger partial charge in [-0.25, -0.2) is 4.79 Å². The van der Waals surface area contributed by atoms with Crippen LogP contribution < -0.4 is 5.32 Å². The van der Waals surface area contributed by atoms with Crippen LogP contribution in [0.4, 0.5) is 5.69 Å². The third-order valence-electron chi connectivity index (χ3n) is 3.56. The van der Waals surface area contributed by atoms with Crippen molar-refractivity contribution in [3.8, 4) is 0 Å². The molecule has 0 atom stereocenters. The van der Waals surface area contributed by atoms with E-state index in [9.17, 15) is 9.59 Å². The van der Waals surface area contributed by atoms with Crippen molar-refractivity contribution in [1.29, 1.82) is 0 Å². The summed E-state index contributed by atoms with van der Waals surface area (Å²) < 4.78 is 11.5. The van der Waals surface area contributed by atoms with Crippen molar-refractivity contribution in [2.75, 3.05) is 19.0 Å². The van der Waals surface area contributed by atoms with Gasteiger partial charge in [-0.2, -0.15) is 5.10 Å². The number of anilines is 1. The topological polar surface area (TPSA) is 108 Å². The summed E-state index contributed by atoms with van der Waals surface area (Å²) in [4.78, 5) is 29.4. The number of hydrogen-bond donors (Lipinski definition) is 1. The Morgan fingerprint density at radius 2 is 2.21 bits per heavy atom. The molecule has 0 fully saturated rings. The maximum absolute atomic E-state index is 11.9. The predicted octanol–water partition coefficient (Wildman–Crippen LogP) is 2.75. The van der Waals surface area contributed by atoms with Crippen molar-refractivity contribution >= 4 is 34.6 Å². The molecule has 3 heterocycles. The lowest BCUT2D eigenvalue weighted by molar-refractivity contribution is -0.120. The van der Waals surface area contributed by atoms with Gasteiger partial charge in [-0.05, 0) is 30.5 Å². The number of nitrogens with one attached hydrogen (secondary N) is 1. The molecule has 0 spiro atoms. The number of carbonyl (C=O) groups excluding carboxylic acids is 2. The molecule has 0 aromatic carbocycles. The van der Waals surface area contributed by atoms with E-state index in [4.69, 9.17) is 9.25 Å². The van der Waals surface area contributed by atoms with Gasteiger partial charge in [-0.3, -0.25) is 9.48 Å². The van der Waals surface area contributed by atoms with Gasteiger partial charge in [0.1, 0.15) is 5.76 Å². The Balaban J connectivity index is 1.48. The summed E-state index contributed by atoms with van der Waals surface area (Å²) in [5, 5.41) is 12.7. The molecule has 0 bridgehead atoms. The largest absolute Gasteiger partial charge is 0.463 e. The molecule has 10 heteroatoms. The van der Waals surface area contributed by atoms with Crippen LogP contribution >= 0.6 is 11.3 Å². The summed E-state index contributed by atoms with van der Waals surface area (Å²) in [6.07, 6.45) is 3.14. The number of thiophene rings is 1. The molecular weight excluding hydrogens is 384 g/mol. The SMILES string of the molecule is COC(=O)c1ccc(Cn2cc(NC(=O)CON=C(C)c3cccs3)cn2)o1. The zero-order valence-corrected chi connectivity index (χ0v) is 16.1. The van der Waals surface area contributed by atoms with Gasteiger partial charge in [0, 0.05) is 6.20 Å². The second kappa shape index (κ2) is 9.00. The molecule has 9 nitrogen and oxygen atoms in total. The van der Waals surface area contributed by atoms with Crippen molar-refractivity contribution in [2.24, 2.45) is 5.16 Å². The first kappa shape index (κ1) is 19.4. The van der Waals surface area contributed by atoms with Crippen LogP contribution in [-0.2, 0) is 20.9 Å². The molecule has 28 heavy (non-hydrogen) atoms. The Hall–Kier alpha value is -3.40. The smallest absolute Gasteiger partial charge is 0.373 e. The molecule has 146 valence electrons. The van der Waals surface area contributed by atoms with Crippen LogP contribution in [0.1, 0.15) is 28.1 Å². The zero-order valence-electron chi connectivity index (χ0n) is 15.2. The van der Waals surface area contributed by atoms with E-state index in [1.165, 1.54) is 19.4 Å². The van der Waals surface area contributed by atoms with E-state index >= 15 is 0 Å². The molecule has 0 saturated heterocycles. The molecule has 3 aromatic heterocycles. The third-order valence-corrected chi connectivity index (χ3v) is 4.54. The van der Waals surface area contributed by atoms with E-state index in [0.717, 1.165) is 4.88 Å². The molecule has 0 saturated carbocycles. The monoisotopic (exact) mass is 402 g/mol. The maximum Gasteiger partial charge on any atom is 0.373 e. The quantitative estimate of drug-likeness (QED) is 0.353. The molecule has 0 radical (unpaired) electrons. The Kier molecular flexibility index (Phi) is 6.22. The highest BCUT2D eigenvalue weighted by atomic mass is 32.1. The van der Waals surface area contributed by atoms with Crippen molar-refractivity contribution in [1.82, 2.24) is 9.78 Å². The van der Waals surface area contributed by atoms with Gasteiger partial charge in [-0.15, -0.1) is 11.3 Å². The first-order chi connectivity index (χ1) is 13.5. The molecule has 1 amide bonds. The third kappa shape index (κ3) is 5.07. The van der Waals surface area contributed by atoms with Crippen molar-refractivity contribution < 1.29 is 23.6 Å². The maximum atomic E-state index is 11.9. The molecule has 0 aliphatic carbocycles. The number of furan rings is 1. The minimum Gasteiger partial charge on any atom is -0.463 e. The van der Waals surface area contributed by atoms with Crippen LogP contribution in [0.25, 0.3) is 0 Å².